The van der Waals surface area contributed by atoms with Crippen LogP contribution in [-0.4, -0.2) is 115 Å². The van der Waals surface area contributed by atoms with Crippen LogP contribution in [0.5, 0.6) is 0 Å². The summed E-state index contributed by atoms with van der Waals surface area (Å²) >= 11 is 0. The van der Waals surface area contributed by atoms with E-state index in [0.717, 1.165) is 15.5 Å². The maximum atomic E-state index is 12.4. The smallest absolute Gasteiger partial charge is 0.313 e. The number of nitrogens with zero attached hydrogens (tertiary/aromatic N) is 7. The normalized spacial score (nSPS) is 30.0. The second kappa shape index (κ2) is 14.5. The van der Waals surface area contributed by atoms with Crippen molar-refractivity contribution in [3.8, 4) is 0 Å². The molecule has 4 aromatic heterocycles. The van der Waals surface area contributed by atoms with E-state index in [2.05, 4.69) is 42.6 Å². The Morgan fingerprint density at radius 3 is 2.13 bits per heavy atom. The first-order valence-corrected chi connectivity index (χ1v) is 19.1. The van der Waals surface area contributed by atoms with E-state index in [1.807, 2.05) is 0 Å². The van der Waals surface area contributed by atoms with Crippen LogP contribution < -0.4 is 41.8 Å². The van der Waals surface area contributed by atoms with Gasteiger partial charge in [0.05, 0.1) is 26.6 Å². The number of ether oxygens (including phenoxy) is 2. The van der Waals surface area contributed by atoms with Gasteiger partial charge in [0.15, 0.2) is 36.2 Å². The standard InChI is InChI=1S/C21H30N11O19P3/c1-29-5-31(13-9(29)15(36)28-21(23)26-13)19-17(38)32(39)16(37)7(49-19)3-47-53(42,43)51-54(44,45)50-52(40,41)46-2-6-10(33)11(34)18(48-6)30-4-24-8-12(30)25-20(22)27-14(8)35/h4-7,10-11,16-19,33-34,37-39H,2-3H2,1H3,(H8-,22,23,25,26,27,28,35,36,40,41,42,43,44,45)/p-2/t6-,7?,10-,11-,16-,17+,18-,19?/m1/s1. The van der Waals surface area contributed by atoms with E-state index < -0.39 is 97.1 Å². The number of fused-ring (bicyclic) bond motifs is 2. The molecule has 0 saturated carbocycles. The molecule has 0 bridgehead atoms. The van der Waals surface area contributed by atoms with Crippen molar-refractivity contribution >= 4 is 57.7 Å². The van der Waals surface area contributed by atoms with Gasteiger partial charge in [-0.25, -0.2) is 18.2 Å². The highest BCUT2D eigenvalue weighted by Gasteiger charge is 2.47. The number of aliphatic hydroxyl groups is 4. The molecule has 6 heterocycles. The number of aryl methyl sites for hydroxylation is 1. The highest BCUT2D eigenvalue weighted by molar-refractivity contribution is 7.65. The molecule has 2 aliphatic heterocycles. The number of hydrogen-bond donors (Lipinski definition) is 9. The number of morpholine rings is 1. The molecular weight excluding hydrogens is 803 g/mol. The molecule has 4 aromatic rings. The van der Waals surface area contributed by atoms with Gasteiger partial charge >= 0.3 is 5.65 Å². The summed E-state index contributed by atoms with van der Waals surface area (Å²) in [6.45, 7) is -2.57. The van der Waals surface area contributed by atoms with Crippen molar-refractivity contribution in [3.05, 3.63) is 33.4 Å². The lowest BCUT2D eigenvalue weighted by atomic mass is 10.1. The number of nitrogens with one attached hydrogen (secondary N) is 2. The average molecular weight is 831 g/mol. The second-order valence-electron chi connectivity index (χ2n) is 11.4. The van der Waals surface area contributed by atoms with E-state index in [1.165, 1.54) is 17.9 Å². The maximum Gasteiger partial charge on any atom is 0.313 e. The topological polar surface area (TPSA) is 450 Å². The van der Waals surface area contributed by atoms with Crippen molar-refractivity contribution < 1.29 is 85.7 Å². The fraction of sp³-hybridized carbons (Fsp3) is 0.524. The molecule has 0 spiro atoms. The van der Waals surface area contributed by atoms with Crippen LogP contribution in [0.25, 0.3) is 22.3 Å². The molecule has 6 rings (SSSR count). The molecule has 11 atom stereocenters. The average Bonchev–Trinajstić information content (AvgIpc) is 3.70. The number of aromatic amines is 2. The minimum atomic E-state index is -6.45. The molecule has 0 aromatic carbocycles. The minimum Gasteiger partial charge on any atom is -0.756 e. The fourth-order valence-electron chi connectivity index (χ4n) is 5.43. The van der Waals surface area contributed by atoms with E-state index in [1.54, 1.807) is 0 Å². The van der Waals surface area contributed by atoms with Gasteiger partial charge in [0.1, 0.15) is 24.4 Å². The first kappa shape index (κ1) is 40.1. The Bertz CT molecular complexity index is 2330. The number of hydroxylamine groups is 2. The lowest BCUT2D eigenvalue weighted by Crippen LogP contribution is -2.64. The Labute approximate surface area is 297 Å². The van der Waals surface area contributed by atoms with Crippen LogP contribution in [0.3, 0.4) is 0 Å². The summed E-state index contributed by atoms with van der Waals surface area (Å²) in [5.74, 6) is -0.700. The van der Waals surface area contributed by atoms with Gasteiger partial charge in [-0.05, 0) is 0 Å². The lowest BCUT2D eigenvalue weighted by Gasteiger charge is -2.41. The highest BCUT2D eigenvalue weighted by atomic mass is 31.3. The number of nitrogen functional groups attached to an aromatic ring is 2. The highest BCUT2D eigenvalue weighted by Crippen LogP contribution is 2.63. The number of rotatable bonds is 12. The number of hydrogen-bond acceptors (Lipinski definition) is 25. The van der Waals surface area contributed by atoms with Crippen LogP contribution in [0, 0.1) is 0 Å². The Hall–Kier alpha value is -3.61. The number of anilines is 2. The van der Waals surface area contributed by atoms with Gasteiger partial charge in [-0.2, -0.15) is 4.98 Å². The third-order valence-corrected chi connectivity index (χ3v) is 11.9. The molecule has 0 amide bonds. The summed E-state index contributed by atoms with van der Waals surface area (Å²) in [7, 11) is -17.3. The van der Waals surface area contributed by atoms with Crippen LogP contribution in [-0.2, 0) is 47.9 Å². The van der Waals surface area contributed by atoms with Gasteiger partial charge in [0.2, 0.25) is 17.7 Å². The predicted octanol–water partition coefficient (Wildman–Crippen LogP) is -6.84. The van der Waals surface area contributed by atoms with E-state index in [4.69, 9.17) is 20.9 Å². The monoisotopic (exact) mass is 831 g/mol. The number of phosphoric acid groups is 3. The van der Waals surface area contributed by atoms with Crippen LogP contribution in [0.2, 0.25) is 0 Å². The van der Waals surface area contributed by atoms with Gasteiger partial charge < -0.3 is 70.3 Å². The van der Waals surface area contributed by atoms with Crippen LogP contribution in [0.4, 0.5) is 11.9 Å². The Morgan fingerprint density at radius 2 is 1.48 bits per heavy atom. The maximum absolute atomic E-state index is 12.4. The molecule has 2 saturated heterocycles. The third-order valence-electron chi connectivity index (χ3n) is 7.76. The van der Waals surface area contributed by atoms with Gasteiger partial charge in [-0.1, -0.05) is 4.98 Å². The van der Waals surface area contributed by atoms with E-state index in [9.17, 15) is 63.6 Å². The zero-order valence-electron chi connectivity index (χ0n) is 26.8. The molecule has 0 aliphatic carbocycles. The molecule has 2 aliphatic rings. The van der Waals surface area contributed by atoms with Gasteiger partial charge in [0.25, 0.3) is 40.5 Å². The molecule has 298 valence electrons. The first-order chi connectivity index (χ1) is 25.1. The van der Waals surface area contributed by atoms with Crippen molar-refractivity contribution in [2.24, 2.45) is 7.05 Å². The molecule has 0 radical (unpaired) electrons. The van der Waals surface area contributed by atoms with E-state index >= 15 is 0 Å². The quantitative estimate of drug-likeness (QED) is 0.0473. The number of H-pyrrole nitrogens is 2. The Morgan fingerprint density at radius 1 is 0.889 bits per heavy atom. The largest absolute Gasteiger partial charge is 0.756 e. The SMILES string of the molecule is Cn1c[n+](C2OC(COP(=O)([O-])OP(=O)([O-])OP(=O)([O-])OC[C@H]3O[C@@H](n4cnc5c(=O)[nH]c(N)nc54)[C@H](O)[C@@H]3O)[C@@H](O)N(O)[C@H]2O)c2nc(N)[nH]c(=O)c21. The van der Waals surface area contributed by atoms with Crippen molar-refractivity contribution in [3.63, 3.8) is 0 Å². The second-order valence-corrected chi connectivity index (χ2v) is 16.0. The molecular formula is C21H28N11O19P3-2. The number of phosphoric ester groups is 2. The summed E-state index contributed by atoms with van der Waals surface area (Å²) in [4.78, 5) is 77.5. The Balaban J connectivity index is 1.07. The minimum absolute atomic E-state index is 0.0916. The third kappa shape index (κ3) is 7.89. The zero-order chi connectivity index (χ0) is 39.7. The van der Waals surface area contributed by atoms with Crippen molar-refractivity contribution in [1.29, 1.82) is 0 Å². The molecule has 30 nitrogen and oxygen atoms in total. The number of aromatic nitrogens is 8. The van der Waals surface area contributed by atoms with E-state index in [0.29, 0.717) is 0 Å². The number of nitrogens with two attached hydrogens (primary N) is 2. The predicted molar refractivity (Wildman–Crippen MR) is 161 cm³/mol. The molecule has 5 unspecified atom stereocenters. The summed E-state index contributed by atoms with van der Waals surface area (Å²) in [5.41, 5.74) is 8.93. The molecule has 2 fully saturated rings. The van der Waals surface area contributed by atoms with Crippen molar-refractivity contribution in [2.45, 2.75) is 49.3 Å². The molecule has 54 heavy (non-hydrogen) atoms. The molecule has 11 N–H and O–H groups in total. The fourth-order valence-corrected chi connectivity index (χ4v) is 8.81. The van der Waals surface area contributed by atoms with Crippen molar-refractivity contribution in [2.75, 3.05) is 24.7 Å². The summed E-state index contributed by atoms with van der Waals surface area (Å²) in [6.07, 6.45) is -12.9. The van der Waals surface area contributed by atoms with Crippen molar-refractivity contribution in [1.82, 2.24) is 39.1 Å². The van der Waals surface area contributed by atoms with Crippen LogP contribution in [0.1, 0.15) is 12.5 Å². The summed E-state index contributed by atoms with van der Waals surface area (Å²) in [5, 5.41) is 52.0. The van der Waals surface area contributed by atoms with Crippen LogP contribution >= 0.6 is 23.5 Å². The summed E-state index contributed by atoms with van der Waals surface area (Å²) < 4.78 is 67.4. The van der Waals surface area contributed by atoms with E-state index in [-0.39, 0.29) is 39.3 Å². The first-order valence-electron chi connectivity index (χ1n) is 14.7. The summed E-state index contributed by atoms with van der Waals surface area (Å²) in [6, 6.07) is 0. The van der Waals surface area contributed by atoms with Crippen LogP contribution in [0.15, 0.2) is 22.2 Å². The van der Waals surface area contributed by atoms with Gasteiger partial charge in [-0.3, -0.25) is 42.4 Å². The van der Waals surface area contributed by atoms with Gasteiger partial charge in [-0.15, -0.1) is 5.06 Å². The van der Waals surface area contributed by atoms with Gasteiger partial charge in [0, 0.05) is 0 Å². The number of aliphatic hydroxyl groups excluding tert-OH is 4. The lowest BCUT2D eigenvalue weighted by molar-refractivity contribution is -0.768. The molecule has 33 heteroatoms. The zero-order valence-corrected chi connectivity index (χ0v) is 29.4. The Kier molecular flexibility index (Phi) is 10.7. The number of imidazole rings is 2.